The second-order valence-corrected chi connectivity index (χ2v) is 5.56. The molecule has 2 rings (SSSR count). The lowest BCUT2D eigenvalue weighted by molar-refractivity contribution is -0.142. The first-order valence-electron chi connectivity index (χ1n) is 6.18. The van der Waals surface area contributed by atoms with Crippen LogP contribution in [0.4, 0.5) is 0 Å². The number of benzene rings is 1. The molecule has 1 aliphatic heterocycles. The van der Waals surface area contributed by atoms with Gasteiger partial charge in [-0.25, -0.2) is 0 Å². The number of aliphatic carboxylic acids is 1. The number of halogens is 2. The second-order valence-electron chi connectivity index (χ2n) is 4.72. The molecule has 1 unspecified atom stereocenters. The molecule has 5 nitrogen and oxygen atoms in total. The Bertz CT molecular complexity index is 509. The summed E-state index contributed by atoms with van der Waals surface area (Å²) in [5, 5.41) is 19.4. The Morgan fingerprint density at radius 3 is 2.90 bits per heavy atom. The number of carboxylic acid groups (broad SMARTS) is 1. The van der Waals surface area contributed by atoms with Crippen molar-refractivity contribution in [3.63, 3.8) is 0 Å². The van der Waals surface area contributed by atoms with Gasteiger partial charge in [-0.1, -0.05) is 23.2 Å². The average Bonchev–Trinajstić information content (AvgIpc) is 2.35. The van der Waals surface area contributed by atoms with Gasteiger partial charge in [-0.3, -0.25) is 9.69 Å². The molecule has 1 heterocycles. The number of carboxylic acids is 1. The smallest absolute Gasteiger partial charge is 0.306 e. The zero-order valence-corrected chi connectivity index (χ0v) is 12.2. The molecule has 0 spiro atoms. The van der Waals surface area contributed by atoms with Crippen LogP contribution in [0.3, 0.4) is 0 Å². The second kappa shape index (κ2) is 6.63. The summed E-state index contributed by atoms with van der Waals surface area (Å²) in [5.74, 6) is -0.872. The molecule has 0 bridgehead atoms. The number of aromatic hydroxyl groups is 1. The third kappa shape index (κ3) is 3.99. The minimum absolute atomic E-state index is 0.0114. The van der Waals surface area contributed by atoms with Crippen LogP contribution in [0.25, 0.3) is 0 Å². The maximum Gasteiger partial charge on any atom is 0.306 e. The minimum Gasteiger partial charge on any atom is -0.506 e. The van der Waals surface area contributed by atoms with Crippen molar-refractivity contribution in [3.8, 4) is 5.75 Å². The predicted octanol–water partition coefficient (Wildman–Crippen LogP) is 2.37. The molecule has 0 aromatic heterocycles. The van der Waals surface area contributed by atoms with Crippen LogP contribution < -0.4 is 0 Å². The summed E-state index contributed by atoms with van der Waals surface area (Å²) in [6.45, 7) is 2.08. The quantitative estimate of drug-likeness (QED) is 0.891. The first kappa shape index (κ1) is 15.4. The van der Waals surface area contributed by atoms with Crippen molar-refractivity contribution in [1.82, 2.24) is 4.90 Å². The summed E-state index contributed by atoms with van der Waals surface area (Å²) in [5.41, 5.74) is 0.624. The van der Waals surface area contributed by atoms with E-state index in [1.807, 2.05) is 4.90 Å². The van der Waals surface area contributed by atoms with E-state index in [0.29, 0.717) is 36.8 Å². The van der Waals surface area contributed by atoms with Crippen LogP contribution in [-0.2, 0) is 16.1 Å². The molecule has 2 N–H and O–H groups in total. The Labute approximate surface area is 126 Å². The molecule has 1 saturated heterocycles. The first-order valence-corrected chi connectivity index (χ1v) is 6.94. The monoisotopic (exact) mass is 319 g/mol. The standard InChI is InChI=1S/C13H15Cl2NO4/c14-9-3-8(13(19)11(15)4-9)6-16-1-2-20-10(7-16)5-12(17)18/h3-4,10,19H,1-2,5-7H2,(H,17,18). The van der Waals surface area contributed by atoms with Gasteiger partial charge in [0.05, 0.1) is 24.2 Å². The van der Waals surface area contributed by atoms with Crippen LogP contribution >= 0.6 is 23.2 Å². The van der Waals surface area contributed by atoms with Gasteiger partial charge in [0.25, 0.3) is 0 Å². The Kier molecular flexibility index (Phi) is 5.10. The van der Waals surface area contributed by atoms with Gasteiger partial charge in [-0.05, 0) is 12.1 Å². The molecular weight excluding hydrogens is 305 g/mol. The molecule has 0 saturated carbocycles. The van der Waals surface area contributed by atoms with Crippen molar-refractivity contribution in [2.45, 2.75) is 19.1 Å². The highest BCUT2D eigenvalue weighted by atomic mass is 35.5. The van der Waals surface area contributed by atoms with E-state index >= 15 is 0 Å². The van der Waals surface area contributed by atoms with E-state index in [0.717, 1.165) is 0 Å². The highest BCUT2D eigenvalue weighted by Crippen LogP contribution is 2.32. The maximum atomic E-state index is 10.7. The van der Waals surface area contributed by atoms with Crippen LogP contribution in [0, 0.1) is 0 Å². The van der Waals surface area contributed by atoms with Gasteiger partial charge in [0.1, 0.15) is 5.75 Å². The fourth-order valence-corrected chi connectivity index (χ4v) is 2.76. The van der Waals surface area contributed by atoms with E-state index in [4.69, 9.17) is 33.0 Å². The summed E-state index contributed by atoms with van der Waals surface area (Å²) < 4.78 is 5.40. The number of hydrogen-bond acceptors (Lipinski definition) is 4. The van der Waals surface area contributed by atoms with E-state index in [9.17, 15) is 9.90 Å². The number of carbonyl (C=O) groups is 1. The topological polar surface area (TPSA) is 70.0 Å². The fraction of sp³-hybridized carbons (Fsp3) is 0.462. The van der Waals surface area contributed by atoms with E-state index in [2.05, 4.69) is 0 Å². The first-order chi connectivity index (χ1) is 9.45. The van der Waals surface area contributed by atoms with Gasteiger partial charge in [0, 0.05) is 30.2 Å². The molecule has 20 heavy (non-hydrogen) atoms. The van der Waals surface area contributed by atoms with Gasteiger partial charge >= 0.3 is 5.97 Å². The van der Waals surface area contributed by atoms with E-state index in [-0.39, 0.29) is 23.3 Å². The van der Waals surface area contributed by atoms with Crippen LogP contribution in [-0.4, -0.2) is 46.9 Å². The molecule has 0 amide bonds. The van der Waals surface area contributed by atoms with Crippen molar-refractivity contribution >= 4 is 29.2 Å². The highest BCUT2D eigenvalue weighted by molar-refractivity contribution is 6.35. The summed E-state index contributed by atoms with van der Waals surface area (Å²) in [4.78, 5) is 12.7. The predicted molar refractivity (Wildman–Crippen MR) is 75.4 cm³/mol. The Balaban J connectivity index is 2.04. The van der Waals surface area contributed by atoms with Gasteiger partial charge < -0.3 is 14.9 Å². The zero-order chi connectivity index (χ0) is 14.7. The van der Waals surface area contributed by atoms with Crippen LogP contribution in [0.1, 0.15) is 12.0 Å². The Morgan fingerprint density at radius 1 is 1.45 bits per heavy atom. The van der Waals surface area contributed by atoms with E-state index < -0.39 is 5.97 Å². The largest absolute Gasteiger partial charge is 0.506 e. The fourth-order valence-electron chi connectivity index (χ4n) is 2.22. The molecule has 0 radical (unpaired) electrons. The summed E-state index contributed by atoms with van der Waals surface area (Å²) in [6.07, 6.45) is -0.364. The van der Waals surface area contributed by atoms with Gasteiger partial charge in [0.15, 0.2) is 0 Å². The van der Waals surface area contributed by atoms with Gasteiger partial charge in [-0.2, -0.15) is 0 Å². The average molecular weight is 320 g/mol. The third-order valence-electron chi connectivity index (χ3n) is 3.13. The summed E-state index contributed by atoms with van der Waals surface area (Å²) in [6, 6.07) is 3.14. The van der Waals surface area contributed by atoms with Gasteiger partial charge in [0.2, 0.25) is 0 Å². The molecular formula is C13H15Cl2NO4. The Hall–Kier alpha value is -1.01. The maximum absolute atomic E-state index is 10.7. The molecule has 1 aromatic carbocycles. The number of morpholine rings is 1. The van der Waals surface area contributed by atoms with Gasteiger partial charge in [-0.15, -0.1) is 0 Å². The molecule has 1 aromatic rings. The number of ether oxygens (including phenoxy) is 1. The number of nitrogens with zero attached hydrogens (tertiary/aromatic N) is 1. The van der Waals surface area contributed by atoms with Crippen LogP contribution in [0.5, 0.6) is 5.75 Å². The van der Waals surface area contributed by atoms with Crippen LogP contribution in [0.2, 0.25) is 10.0 Å². The number of phenols is 1. The summed E-state index contributed by atoms with van der Waals surface area (Å²) >= 11 is 11.8. The van der Waals surface area contributed by atoms with Crippen molar-refractivity contribution in [3.05, 3.63) is 27.7 Å². The van der Waals surface area contributed by atoms with Crippen molar-refractivity contribution in [1.29, 1.82) is 0 Å². The SMILES string of the molecule is O=C(O)CC1CN(Cc2cc(Cl)cc(Cl)c2O)CCO1. The minimum atomic E-state index is -0.884. The normalized spacial score (nSPS) is 20.0. The summed E-state index contributed by atoms with van der Waals surface area (Å²) in [7, 11) is 0. The lowest BCUT2D eigenvalue weighted by Gasteiger charge is -2.32. The third-order valence-corrected chi connectivity index (χ3v) is 3.63. The molecule has 1 atom stereocenters. The molecule has 7 heteroatoms. The van der Waals surface area contributed by atoms with Crippen LogP contribution in [0.15, 0.2) is 12.1 Å². The number of rotatable bonds is 4. The van der Waals surface area contributed by atoms with Crippen molar-refractivity contribution in [2.75, 3.05) is 19.7 Å². The molecule has 0 aliphatic carbocycles. The van der Waals surface area contributed by atoms with Crippen molar-refractivity contribution in [2.24, 2.45) is 0 Å². The molecule has 1 aliphatic rings. The van der Waals surface area contributed by atoms with Crippen molar-refractivity contribution < 1.29 is 19.7 Å². The number of phenolic OH excluding ortho intramolecular Hbond substituents is 1. The number of hydrogen-bond donors (Lipinski definition) is 2. The zero-order valence-electron chi connectivity index (χ0n) is 10.7. The molecule has 110 valence electrons. The van der Waals surface area contributed by atoms with E-state index in [1.54, 1.807) is 6.07 Å². The Morgan fingerprint density at radius 2 is 2.20 bits per heavy atom. The molecule has 1 fully saturated rings. The lowest BCUT2D eigenvalue weighted by atomic mass is 10.1. The van der Waals surface area contributed by atoms with E-state index in [1.165, 1.54) is 6.07 Å². The lowest BCUT2D eigenvalue weighted by Crippen LogP contribution is -2.42. The highest BCUT2D eigenvalue weighted by Gasteiger charge is 2.23.